The van der Waals surface area contributed by atoms with Crippen molar-refractivity contribution in [1.29, 1.82) is 0 Å². The summed E-state index contributed by atoms with van der Waals surface area (Å²) in [5, 5.41) is 0. The van der Waals surface area contributed by atoms with Crippen LogP contribution in [0.15, 0.2) is 47.4 Å². The molecule has 120 valence electrons. The molecule has 2 aromatic rings. The summed E-state index contributed by atoms with van der Waals surface area (Å²) in [7, 11) is -3.65. The van der Waals surface area contributed by atoms with Crippen molar-refractivity contribution in [1.82, 2.24) is 0 Å². The van der Waals surface area contributed by atoms with Crippen LogP contribution in [-0.2, 0) is 16.4 Å². The lowest BCUT2D eigenvalue weighted by Gasteiger charge is -2.14. The first kappa shape index (κ1) is 15.7. The van der Waals surface area contributed by atoms with Crippen LogP contribution in [0.2, 0.25) is 0 Å². The van der Waals surface area contributed by atoms with E-state index in [-0.39, 0.29) is 10.7 Å². The lowest BCUT2D eigenvalue weighted by atomic mass is 10.0. The van der Waals surface area contributed by atoms with E-state index < -0.39 is 10.0 Å². The largest absolute Gasteiger partial charge is 0.294 e. The molecule has 23 heavy (non-hydrogen) atoms. The van der Waals surface area contributed by atoms with Gasteiger partial charge < -0.3 is 0 Å². The van der Waals surface area contributed by atoms with E-state index in [1.54, 1.807) is 42.5 Å². The summed E-state index contributed by atoms with van der Waals surface area (Å²) in [5.74, 6) is 0.0916. The zero-order valence-electron chi connectivity index (χ0n) is 13.0. The van der Waals surface area contributed by atoms with Gasteiger partial charge in [0.25, 0.3) is 10.0 Å². The number of hydrogen-bond acceptors (Lipinski definition) is 3. The van der Waals surface area contributed by atoms with Gasteiger partial charge >= 0.3 is 0 Å². The number of carbonyl (C=O) groups excluding carboxylic acids is 1. The number of nitrogens with one attached hydrogen (secondary N) is 1. The van der Waals surface area contributed by atoms with Crippen molar-refractivity contribution in [2.75, 3.05) is 4.72 Å². The molecule has 2 aromatic carbocycles. The summed E-state index contributed by atoms with van der Waals surface area (Å²) < 4.78 is 27.8. The Bertz CT molecular complexity index is 839. The third kappa shape index (κ3) is 3.29. The molecule has 4 nitrogen and oxygen atoms in total. The number of sulfonamides is 1. The Labute approximate surface area is 136 Å². The summed E-state index contributed by atoms with van der Waals surface area (Å²) in [6, 6.07) is 12.0. The van der Waals surface area contributed by atoms with Gasteiger partial charge in [-0.05, 0) is 49.9 Å². The molecule has 1 aliphatic carbocycles. The lowest BCUT2D eigenvalue weighted by Crippen LogP contribution is -2.15. The van der Waals surface area contributed by atoms with Crippen LogP contribution < -0.4 is 4.72 Å². The van der Waals surface area contributed by atoms with Gasteiger partial charge in [0.05, 0.1) is 10.6 Å². The standard InChI is InChI=1S/C18H19NO3S/c1-13-9-11-14(12-10-13)23(21,22)19-17-7-4-6-16-15(17)5-2-3-8-18(16)20/h4,6-7,9-12,19H,2-3,5,8H2,1H3. The first-order valence-electron chi connectivity index (χ1n) is 7.72. The molecule has 0 atom stereocenters. The number of aryl methyl sites for hydroxylation is 1. The predicted octanol–water partition coefficient (Wildman–Crippen LogP) is 3.70. The van der Waals surface area contributed by atoms with E-state index in [2.05, 4.69) is 4.72 Å². The highest BCUT2D eigenvalue weighted by atomic mass is 32.2. The SMILES string of the molecule is Cc1ccc(S(=O)(=O)Nc2cccc3c2CCCCC3=O)cc1. The minimum atomic E-state index is -3.65. The smallest absolute Gasteiger partial charge is 0.261 e. The van der Waals surface area contributed by atoms with Crippen molar-refractivity contribution >= 4 is 21.5 Å². The Morgan fingerprint density at radius 2 is 1.65 bits per heavy atom. The van der Waals surface area contributed by atoms with Gasteiger partial charge in [-0.3, -0.25) is 9.52 Å². The van der Waals surface area contributed by atoms with Crippen molar-refractivity contribution in [3.8, 4) is 0 Å². The first-order chi connectivity index (χ1) is 11.0. The third-order valence-electron chi connectivity index (χ3n) is 4.13. The maximum Gasteiger partial charge on any atom is 0.261 e. The zero-order valence-corrected chi connectivity index (χ0v) is 13.8. The van der Waals surface area contributed by atoms with E-state index in [4.69, 9.17) is 0 Å². The maximum absolute atomic E-state index is 12.6. The van der Waals surface area contributed by atoms with Gasteiger partial charge in [-0.25, -0.2) is 8.42 Å². The number of anilines is 1. The van der Waals surface area contributed by atoms with E-state index in [0.29, 0.717) is 24.1 Å². The van der Waals surface area contributed by atoms with Crippen LogP contribution in [-0.4, -0.2) is 14.2 Å². The fourth-order valence-electron chi connectivity index (χ4n) is 2.86. The van der Waals surface area contributed by atoms with Crippen LogP contribution in [0.5, 0.6) is 0 Å². The summed E-state index contributed by atoms with van der Waals surface area (Å²) in [6.07, 6.45) is 2.98. The van der Waals surface area contributed by atoms with Crippen molar-refractivity contribution in [2.24, 2.45) is 0 Å². The second-order valence-corrected chi connectivity index (χ2v) is 7.56. The number of fused-ring (bicyclic) bond motifs is 1. The maximum atomic E-state index is 12.6. The van der Waals surface area contributed by atoms with Crippen molar-refractivity contribution in [3.63, 3.8) is 0 Å². The monoisotopic (exact) mass is 329 g/mol. The Hall–Kier alpha value is -2.14. The highest BCUT2D eigenvalue weighted by molar-refractivity contribution is 7.92. The second-order valence-electron chi connectivity index (χ2n) is 5.88. The van der Waals surface area contributed by atoms with Crippen LogP contribution in [0.1, 0.15) is 40.7 Å². The van der Waals surface area contributed by atoms with Crippen LogP contribution >= 0.6 is 0 Å². The van der Waals surface area contributed by atoms with Crippen molar-refractivity contribution in [3.05, 3.63) is 59.2 Å². The van der Waals surface area contributed by atoms with Crippen molar-refractivity contribution < 1.29 is 13.2 Å². The molecule has 0 bridgehead atoms. The molecule has 0 saturated carbocycles. The predicted molar refractivity (Wildman–Crippen MR) is 90.3 cm³/mol. The Balaban J connectivity index is 1.98. The molecule has 0 saturated heterocycles. The highest BCUT2D eigenvalue weighted by Gasteiger charge is 2.21. The summed E-state index contributed by atoms with van der Waals surface area (Å²) in [4.78, 5) is 12.4. The minimum absolute atomic E-state index is 0.0916. The molecule has 0 aliphatic heterocycles. The van der Waals surface area contributed by atoms with Gasteiger partial charge in [0.2, 0.25) is 0 Å². The van der Waals surface area contributed by atoms with Gasteiger partial charge in [0.15, 0.2) is 5.78 Å². The summed E-state index contributed by atoms with van der Waals surface area (Å²) >= 11 is 0. The van der Waals surface area contributed by atoms with E-state index in [1.165, 1.54) is 0 Å². The number of benzene rings is 2. The zero-order chi connectivity index (χ0) is 16.4. The number of rotatable bonds is 3. The molecule has 5 heteroatoms. The van der Waals surface area contributed by atoms with Crippen LogP contribution in [0.4, 0.5) is 5.69 Å². The molecule has 0 amide bonds. The second kappa shape index (κ2) is 6.16. The minimum Gasteiger partial charge on any atom is -0.294 e. The van der Waals surface area contributed by atoms with E-state index in [0.717, 1.165) is 24.0 Å². The van der Waals surface area contributed by atoms with Gasteiger partial charge in [0.1, 0.15) is 0 Å². The quantitative estimate of drug-likeness (QED) is 0.873. The fraction of sp³-hybridized carbons (Fsp3) is 0.278. The number of Topliss-reactive ketones (excluding diaryl/α,β-unsaturated/α-hetero) is 1. The number of hydrogen-bond donors (Lipinski definition) is 1. The average molecular weight is 329 g/mol. The van der Waals surface area contributed by atoms with E-state index >= 15 is 0 Å². The first-order valence-corrected chi connectivity index (χ1v) is 9.20. The molecule has 0 unspecified atom stereocenters. The molecular weight excluding hydrogens is 310 g/mol. The van der Waals surface area contributed by atoms with E-state index in [9.17, 15) is 13.2 Å². The van der Waals surface area contributed by atoms with Crippen LogP contribution in [0.3, 0.4) is 0 Å². The summed E-state index contributed by atoms with van der Waals surface area (Å²) in [5.41, 5.74) is 2.97. The third-order valence-corrected chi connectivity index (χ3v) is 5.51. The van der Waals surface area contributed by atoms with Crippen LogP contribution in [0, 0.1) is 6.92 Å². The summed E-state index contributed by atoms with van der Waals surface area (Å²) in [6.45, 7) is 1.91. The molecule has 0 heterocycles. The van der Waals surface area contributed by atoms with Crippen LogP contribution in [0.25, 0.3) is 0 Å². The molecule has 1 aliphatic rings. The Morgan fingerprint density at radius 3 is 2.39 bits per heavy atom. The van der Waals surface area contributed by atoms with Gasteiger partial charge in [0, 0.05) is 12.0 Å². The van der Waals surface area contributed by atoms with Gasteiger partial charge in [-0.2, -0.15) is 0 Å². The number of carbonyl (C=O) groups is 1. The molecule has 1 N–H and O–H groups in total. The molecule has 0 radical (unpaired) electrons. The van der Waals surface area contributed by atoms with E-state index in [1.807, 2.05) is 6.92 Å². The molecule has 3 rings (SSSR count). The molecule has 0 spiro atoms. The Kier molecular flexibility index (Phi) is 4.22. The Morgan fingerprint density at radius 1 is 0.957 bits per heavy atom. The normalized spacial score (nSPS) is 14.9. The number of ketones is 1. The lowest BCUT2D eigenvalue weighted by molar-refractivity contribution is 0.0982. The van der Waals surface area contributed by atoms with Gasteiger partial charge in [-0.15, -0.1) is 0 Å². The highest BCUT2D eigenvalue weighted by Crippen LogP contribution is 2.29. The molecule has 0 aromatic heterocycles. The average Bonchev–Trinajstić information content (AvgIpc) is 2.70. The molecular formula is C18H19NO3S. The van der Waals surface area contributed by atoms with Gasteiger partial charge in [-0.1, -0.05) is 29.8 Å². The molecule has 0 fully saturated rings. The van der Waals surface area contributed by atoms with Crippen molar-refractivity contribution in [2.45, 2.75) is 37.5 Å². The topological polar surface area (TPSA) is 63.2 Å². The fourth-order valence-corrected chi connectivity index (χ4v) is 3.95.